The van der Waals surface area contributed by atoms with Gasteiger partial charge in [0.25, 0.3) is 5.91 Å². The zero-order valence-electron chi connectivity index (χ0n) is 14.9. The van der Waals surface area contributed by atoms with Crippen molar-refractivity contribution in [3.05, 3.63) is 56.8 Å². The van der Waals surface area contributed by atoms with Crippen LogP contribution >= 0.6 is 15.9 Å². The Morgan fingerprint density at radius 2 is 2.04 bits per heavy atom. The van der Waals surface area contributed by atoms with E-state index in [0.29, 0.717) is 30.3 Å². The van der Waals surface area contributed by atoms with E-state index in [-0.39, 0.29) is 11.7 Å². The Kier molecular flexibility index (Phi) is 5.13. The molecule has 1 aliphatic carbocycles. The van der Waals surface area contributed by atoms with E-state index in [1.165, 1.54) is 0 Å². The van der Waals surface area contributed by atoms with Crippen molar-refractivity contribution in [1.82, 2.24) is 9.88 Å². The monoisotopic (exact) mass is 402 g/mol. The van der Waals surface area contributed by atoms with Crippen LogP contribution in [-0.4, -0.2) is 27.6 Å². The van der Waals surface area contributed by atoms with Crippen LogP contribution in [0.25, 0.3) is 0 Å². The molecule has 1 aromatic heterocycles. The number of rotatable bonds is 6. The molecule has 0 spiro atoms. The lowest BCUT2D eigenvalue weighted by atomic mass is 10.0. The van der Waals surface area contributed by atoms with E-state index in [2.05, 4.69) is 20.9 Å². The van der Waals surface area contributed by atoms with Gasteiger partial charge >= 0.3 is 0 Å². The first-order valence-electron chi connectivity index (χ1n) is 8.70. The molecule has 25 heavy (non-hydrogen) atoms. The third-order valence-corrected chi connectivity index (χ3v) is 5.19. The highest BCUT2D eigenvalue weighted by Crippen LogP contribution is 2.31. The number of aromatic amines is 1. The van der Waals surface area contributed by atoms with E-state index < -0.39 is 0 Å². The molecule has 0 bridgehead atoms. The second-order valence-electron chi connectivity index (χ2n) is 6.68. The number of Topliss-reactive ketones (excluding diaryl/α,β-unsaturated/α-hetero) is 1. The van der Waals surface area contributed by atoms with Gasteiger partial charge in [0.05, 0.1) is 0 Å². The van der Waals surface area contributed by atoms with Crippen molar-refractivity contribution in [3.63, 3.8) is 0 Å². The Balaban J connectivity index is 1.94. The highest BCUT2D eigenvalue weighted by molar-refractivity contribution is 9.10. The van der Waals surface area contributed by atoms with Gasteiger partial charge in [0.1, 0.15) is 5.69 Å². The van der Waals surface area contributed by atoms with Crippen LogP contribution in [0.4, 0.5) is 0 Å². The number of aryl methyl sites for hydroxylation is 1. The van der Waals surface area contributed by atoms with Gasteiger partial charge < -0.3 is 9.88 Å². The summed E-state index contributed by atoms with van der Waals surface area (Å²) in [6.45, 7) is 5.99. The molecule has 4 nitrogen and oxygen atoms in total. The molecule has 0 aliphatic heterocycles. The Hall–Kier alpha value is -1.88. The summed E-state index contributed by atoms with van der Waals surface area (Å²) >= 11 is 3.49. The smallest absolute Gasteiger partial charge is 0.271 e. The van der Waals surface area contributed by atoms with Crippen LogP contribution in [0.15, 0.2) is 28.7 Å². The Morgan fingerprint density at radius 1 is 1.32 bits per heavy atom. The summed E-state index contributed by atoms with van der Waals surface area (Å²) in [6, 6.07) is 8.34. The molecule has 5 heteroatoms. The van der Waals surface area contributed by atoms with Crippen LogP contribution in [0.2, 0.25) is 0 Å². The second kappa shape index (κ2) is 7.16. The number of carbonyl (C=O) groups excluding carboxylic acids is 2. The molecule has 1 fully saturated rings. The molecule has 1 amide bonds. The Morgan fingerprint density at radius 3 is 2.60 bits per heavy atom. The number of carbonyl (C=O) groups is 2. The highest BCUT2D eigenvalue weighted by Gasteiger charge is 2.35. The number of amides is 1. The maximum absolute atomic E-state index is 13.3. The maximum Gasteiger partial charge on any atom is 0.271 e. The van der Waals surface area contributed by atoms with Gasteiger partial charge in [-0.05, 0) is 56.4 Å². The van der Waals surface area contributed by atoms with E-state index in [0.717, 1.165) is 34.1 Å². The summed E-state index contributed by atoms with van der Waals surface area (Å²) in [6.07, 6.45) is 2.75. The summed E-state index contributed by atoms with van der Waals surface area (Å²) in [7, 11) is 0. The van der Waals surface area contributed by atoms with Gasteiger partial charge in [-0.3, -0.25) is 9.59 Å². The third kappa shape index (κ3) is 3.71. The molecule has 1 aromatic carbocycles. The fourth-order valence-corrected chi connectivity index (χ4v) is 3.86. The number of hydrogen-bond acceptors (Lipinski definition) is 2. The van der Waals surface area contributed by atoms with E-state index >= 15 is 0 Å². The number of hydrogen-bond donors (Lipinski definition) is 1. The first-order chi connectivity index (χ1) is 11.9. The van der Waals surface area contributed by atoms with Crippen molar-refractivity contribution in [2.45, 2.75) is 52.6 Å². The van der Waals surface area contributed by atoms with Gasteiger partial charge in [-0.1, -0.05) is 35.0 Å². The topological polar surface area (TPSA) is 53.2 Å². The van der Waals surface area contributed by atoms with Crippen molar-refractivity contribution in [2.24, 2.45) is 0 Å². The molecule has 1 heterocycles. The summed E-state index contributed by atoms with van der Waals surface area (Å²) in [5.41, 5.74) is 3.97. The van der Waals surface area contributed by atoms with Gasteiger partial charge in [0.15, 0.2) is 5.78 Å². The SMILES string of the molecule is CCc1c(C(=O)N(Cc2cccc(Br)c2)C2CC2)[nH]c(C)c1C(C)=O. The second-order valence-corrected chi connectivity index (χ2v) is 7.60. The molecular weight excluding hydrogens is 380 g/mol. The van der Waals surface area contributed by atoms with Crippen molar-refractivity contribution in [3.8, 4) is 0 Å². The molecule has 0 saturated heterocycles. The molecule has 1 saturated carbocycles. The Labute approximate surface area is 156 Å². The van der Waals surface area contributed by atoms with Crippen molar-refractivity contribution < 1.29 is 9.59 Å². The number of nitrogens with one attached hydrogen (secondary N) is 1. The van der Waals surface area contributed by atoms with Crippen LogP contribution in [-0.2, 0) is 13.0 Å². The molecule has 132 valence electrons. The molecule has 0 radical (unpaired) electrons. The molecule has 3 rings (SSSR count). The third-order valence-electron chi connectivity index (χ3n) is 4.70. The number of nitrogens with zero attached hydrogens (tertiary/aromatic N) is 1. The summed E-state index contributed by atoms with van der Waals surface area (Å²) < 4.78 is 1.01. The molecule has 1 N–H and O–H groups in total. The van der Waals surface area contributed by atoms with Gasteiger partial charge in [-0.2, -0.15) is 0 Å². The van der Waals surface area contributed by atoms with Crippen LogP contribution in [0.1, 0.15) is 64.4 Å². The van der Waals surface area contributed by atoms with Gasteiger partial charge in [0.2, 0.25) is 0 Å². The summed E-state index contributed by atoms with van der Waals surface area (Å²) in [5, 5.41) is 0. The number of ketones is 1. The average Bonchev–Trinajstić information content (AvgIpc) is 3.34. The van der Waals surface area contributed by atoms with E-state index in [4.69, 9.17) is 0 Å². The highest BCUT2D eigenvalue weighted by atomic mass is 79.9. The van der Waals surface area contributed by atoms with Gasteiger partial charge in [-0.25, -0.2) is 0 Å². The molecule has 0 atom stereocenters. The lowest BCUT2D eigenvalue weighted by molar-refractivity contribution is 0.0723. The normalized spacial score (nSPS) is 13.8. The van der Waals surface area contributed by atoms with Crippen molar-refractivity contribution in [2.75, 3.05) is 0 Å². The van der Waals surface area contributed by atoms with E-state index in [1.807, 2.05) is 43.0 Å². The molecule has 1 aliphatic rings. The minimum absolute atomic E-state index is 0.00470. The first kappa shape index (κ1) is 17.9. The average molecular weight is 403 g/mol. The lowest BCUT2D eigenvalue weighted by Gasteiger charge is -2.23. The van der Waals surface area contributed by atoms with Gasteiger partial charge in [0, 0.05) is 28.3 Å². The quantitative estimate of drug-likeness (QED) is 0.714. The molecule has 0 unspecified atom stereocenters. The van der Waals surface area contributed by atoms with E-state index in [9.17, 15) is 9.59 Å². The standard InChI is InChI=1S/C20H23BrN2O2/c1-4-17-18(13(3)24)12(2)22-19(17)20(25)23(16-8-9-16)11-14-6-5-7-15(21)10-14/h5-7,10,16,22H,4,8-9,11H2,1-3H3. The number of H-pyrrole nitrogens is 1. The molecule has 2 aromatic rings. The van der Waals surface area contributed by atoms with Crippen LogP contribution in [0.5, 0.6) is 0 Å². The van der Waals surface area contributed by atoms with Crippen LogP contribution in [0.3, 0.4) is 0 Å². The maximum atomic E-state index is 13.3. The predicted octanol–water partition coefficient (Wildman–Crippen LogP) is 4.66. The lowest BCUT2D eigenvalue weighted by Crippen LogP contribution is -2.33. The Bertz CT molecular complexity index is 821. The van der Waals surface area contributed by atoms with Crippen LogP contribution in [0, 0.1) is 6.92 Å². The number of halogens is 1. The first-order valence-corrected chi connectivity index (χ1v) is 9.49. The fraction of sp³-hybridized carbons (Fsp3) is 0.400. The summed E-state index contributed by atoms with van der Waals surface area (Å²) in [4.78, 5) is 30.4. The minimum Gasteiger partial charge on any atom is -0.354 e. The van der Waals surface area contributed by atoms with Gasteiger partial charge in [-0.15, -0.1) is 0 Å². The molecular formula is C20H23BrN2O2. The van der Waals surface area contributed by atoms with Crippen molar-refractivity contribution in [1.29, 1.82) is 0 Å². The number of benzene rings is 1. The number of aromatic nitrogens is 1. The largest absolute Gasteiger partial charge is 0.354 e. The summed E-state index contributed by atoms with van der Waals surface area (Å²) in [5.74, 6) is 0.00420. The zero-order valence-corrected chi connectivity index (χ0v) is 16.4. The predicted molar refractivity (Wildman–Crippen MR) is 102 cm³/mol. The van der Waals surface area contributed by atoms with Crippen molar-refractivity contribution >= 4 is 27.6 Å². The van der Waals surface area contributed by atoms with E-state index in [1.54, 1.807) is 6.92 Å². The zero-order chi connectivity index (χ0) is 18.1. The minimum atomic E-state index is -0.00470. The fourth-order valence-electron chi connectivity index (χ4n) is 3.42. The van der Waals surface area contributed by atoms with Crippen LogP contribution < -0.4 is 0 Å².